The van der Waals surface area contributed by atoms with Crippen LogP contribution in [-0.4, -0.2) is 24.8 Å². The van der Waals surface area contributed by atoms with Gasteiger partial charge < -0.3 is 14.0 Å². The Hall–Kier alpha value is -0.490. The molecule has 3 saturated carbocycles. The zero-order chi connectivity index (χ0) is 21.9. The summed E-state index contributed by atoms with van der Waals surface area (Å²) in [5.41, 5.74) is 4.57. The van der Waals surface area contributed by atoms with E-state index in [2.05, 4.69) is 53.2 Å². The van der Waals surface area contributed by atoms with Crippen molar-refractivity contribution in [3.05, 3.63) is 41.0 Å². The van der Waals surface area contributed by atoms with Crippen LogP contribution in [0.4, 0.5) is 0 Å². The Kier molecular flexibility index (Phi) is 5.72. The van der Waals surface area contributed by atoms with Crippen LogP contribution in [-0.2, 0) is 14.3 Å². The van der Waals surface area contributed by atoms with Gasteiger partial charge >= 0.3 is 0 Å². The zero-order valence-corrected chi connectivity index (χ0v) is 21.9. The molecule has 4 fully saturated rings. The Morgan fingerprint density at radius 1 is 1.06 bits per heavy atom. The average molecular weight is 566 g/mol. The summed E-state index contributed by atoms with van der Waals surface area (Å²) in [6.07, 6.45) is 8.31. The lowest BCUT2D eigenvalue weighted by Gasteiger charge is -2.52. The molecule has 4 aliphatic carbocycles. The van der Waals surface area contributed by atoms with Crippen molar-refractivity contribution in [3.63, 3.8) is 0 Å². The summed E-state index contributed by atoms with van der Waals surface area (Å²) in [6, 6.07) is 8.73. The number of hydrogen-bond donors (Lipinski definition) is 0. The first-order valence-electron chi connectivity index (χ1n) is 12.2. The van der Waals surface area contributed by atoms with Gasteiger partial charge in [0.15, 0.2) is 5.79 Å². The van der Waals surface area contributed by atoms with Gasteiger partial charge in [0, 0.05) is 30.6 Å². The maximum absolute atomic E-state index is 13.1. The summed E-state index contributed by atoms with van der Waals surface area (Å²) in [5, 5.41) is 0. The molecule has 4 nitrogen and oxygen atoms in total. The first-order valence-corrected chi connectivity index (χ1v) is 16.2. The van der Waals surface area contributed by atoms with Gasteiger partial charge in [-0.3, -0.25) is 4.79 Å². The monoisotopic (exact) mass is 566 g/mol. The summed E-state index contributed by atoms with van der Waals surface area (Å²) in [7, 11) is 0. The third-order valence-corrected chi connectivity index (χ3v) is 10.3. The molecule has 0 aromatic heterocycles. The molecule has 0 radical (unpaired) electrons. The summed E-state index contributed by atoms with van der Waals surface area (Å²) in [4.78, 5) is 13.1. The number of benzene rings is 1. The van der Waals surface area contributed by atoms with E-state index in [-0.39, 0.29) is 11.2 Å². The molecule has 1 aromatic carbocycles. The number of carbonyl (C=O) groups is 1. The van der Waals surface area contributed by atoms with E-state index in [9.17, 15) is 4.79 Å². The Morgan fingerprint density at radius 2 is 1.84 bits per heavy atom. The predicted molar refractivity (Wildman–Crippen MR) is 134 cm³/mol. The van der Waals surface area contributed by atoms with E-state index in [0.717, 1.165) is 57.5 Å². The van der Waals surface area contributed by atoms with Gasteiger partial charge in [-0.2, -0.15) is 0 Å². The topological polar surface area (TPSA) is 44.8 Å². The van der Waals surface area contributed by atoms with E-state index in [4.69, 9.17) is 14.0 Å². The molecule has 6 heteroatoms. The minimum Gasteiger partial charge on any atom is -0.467 e. The standard InChI is InChI=1S/C26H32IO4P/c1-25-15-21(16-2-5-18(6-3-16)31-32-27)24-19-10-11-26(29-12-13-30-26)14-17(19)4-7-20(24)22(25)8-9-23(25)28/h2-3,5-6,17,20-22,32H,4,7-15H2,1H3/t17?,20?,21-,22?,25+/m1/s1. The number of ether oxygens (including phenoxy) is 2. The van der Waals surface area contributed by atoms with E-state index < -0.39 is 0 Å². The Labute approximate surface area is 205 Å². The van der Waals surface area contributed by atoms with E-state index in [0.29, 0.717) is 35.9 Å². The summed E-state index contributed by atoms with van der Waals surface area (Å²) in [5.74, 6) is 3.10. The van der Waals surface area contributed by atoms with Crippen molar-refractivity contribution in [2.45, 2.75) is 70.0 Å². The number of Topliss-reactive ketones (excluding diaryl/α,β-unsaturated/α-hetero) is 1. The molecule has 32 heavy (non-hydrogen) atoms. The van der Waals surface area contributed by atoms with Crippen molar-refractivity contribution in [2.24, 2.45) is 23.2 Å². The minimum absolute atomic E-state index is 0.168. The molecule has 1 aromatic rings. The summed E-state index contributed by atoms with van der Waals surface area (Å²) >= 11 is 2.26. The molecule has 4 unspecified atom stereocenters. The van der Waals surface area contributed by atoms with Crippen molar-refractivity contribution in [1.29, 1.82) is 0 Å². The van der Waals surface area contributed by atoms with Crippen molar-refractivity contribution >= 4 is 34.3 Å². The average Bonchev–Trinajstić information content (AvgIpc) is 3.37. The summed E-state index contributed by atoms with van der Waals surface area (Å²) in [6.45, 7) is 4.17. The lowest BCUT2D eigenvalue weighted by molar-refractivity contribution is -0.181. The molecule has 0 bridgehead atoms. The Morgan fingerprint density at radius 3 is 2.59 bits per heavy atom. The molecular formula is C26H32IO4P. The summed E-state index contributed by atoms with van der Waals surface area (Å²) < 4.78 is 17.9. The van der Waals surface area contributed by atoms with E-state index in [1.807, 2.05) is 0 Å². The molecule has 5 aliphatic rings. The van der Waals surface area contributed by atoms with Gasteiger partial charge in [-0.25, -0.2) is 0 Å². The fourth-order valence-corrected chi connectivity index (χ4v) is 8.86. The Bertz CT molecular complexity index is 938. The van der Waals surface area contributed by atoms with Crippen molar-refractivity contribution in [3.8, 4) is 5.75 Å². The number of fused-ring (bicyclic) bond motifs is 4. The van der Waals surface area contributed by atoms with Gasteiger partial charge in [0.25, 0.3) is 0 Å². The molecule has 0 amide bonds. The number of allylic oxidation sites excluding steroid dienone is 2. The third-order valence-electron chi connectivity index (χ3n) is 9.30. The first kappa shape index (κ1) is 22.0. The fraction of sp³-hybridized carbons (Fsp3) is 0.654. The fourth-order valence-electron chi connectivity index (χ4n) is 7.87. The molecule has 6 rings (SSSR count). The SMILES string of the molecule is C[C@]12C[C@H](c3ccc(OPI)cc3)C3=C4CCC5(CC4CCC3C1CCC2=O)OCCO5. The van der Waals surface area contributed by atoms with Crippen molar-refractivity contribution in [2.75, 3.05) is 13.2 Å². The van der Waals surface area contributed by atoms with E-state index in [1.54, 1.807) is 11.1 Å². The normalized spacial score (nSPS) is 38.2. The highest BCUT2D eigenvalue weighted by Crippen LogP contribution is 2.63. The van der Waals surface area contributed by atoms with Crippen LogP contribution in [0.2, 0.25) is 0 Å². The van der Waals surface area contributed by atoms with Crippen LogP contribution in [0, 0.1) is 23.2 Å². The molecule has 1 aliphatic heterocycles. The van der Waals surface area contributed by atoms with E-state index >= 15 is 0 Å². The lowest BCUT2D eigenvalue weighted by Crippen LogP contribution is -2.46. The molecule has 0 N–H and O–H groups in total. The second-order valence-electron chi connectivity index (χ2n) is 10.7. The van der Waals surface area contributed by atoms with Gasteiger partial charge in [-0.15, -0.1) is 0 Å². The number of rotatable bonds is 3. The van der Waals surface area contributed by atoms with Crippen LogP contribution in [0.25, 0.3) is 0 Å². The smallest absolute Gasteiger partial charge is 0.169 e. The van der Waals surface area contributed by atoms with Crippen LogP contribution in [0.15, 0.2) is 35.4 Å². The second-order valence-corrected chi connectivity index (χ2v) is 12.3. The number of carbonyl (C=O) groups excluding carboxylic acids is 1. The molecule has 1 spiro atoms. The van der Waals surface area contributed by atoms with Crippen LogP contribution >= 0.6 is 28.5 Å². The lowest BCUT2D eigenvalue weighted by atomic mass is 9.52. The molecule has 172 valence electrons. The van der Waals surface area contributed by atoms with Crippen LogP contribution in [0.3, 0.4) is 0 Å². The molecule has 1 heterocycles. The molecular weight excluding hydrogens is 534 g/mol. The van der Waals surface area contributed by atoms with Crippen LogP contribution in [0.1, 0.15) is 69.8 Å². The number of hydrogen-bond acceptors (Lipinski definition) is 4. The van der Waals surface area contributed by atoms with Crippen LogP contribution in [0.5, 0.6) is 5.75 Å². The number of halogens is 1. The third kappa shape index (κ3) is 3.44. The van der Waals surface area contributed by atoms with Crippen molar-refractivity contribution in [1.82, 2.24) is 0 Å². The maximum atomic E-state index is 13.1. The largest absolute Gasteiger partial charge is 0.467 e. The molecule has 1 saturated heterocycles. The number of ketones is 1. The second kappa shape index (κ2) is 8.32. The maximum Gasteiger partial charge on any atom is 0.169 e. The highest BCUT2D eigenvalue weighted by Gasteiger charge is 2.57. The molecule has 6 atom stereocenters. The van der Waals surface area contributed by atoms with Gasteiger partial charge in [0.05, 0.1) is 13.2 Å². The van der Waals surface area contributed by atoms with Gasteiger partial charge in [0.2, 0.25) is 0 Å². The minimum atomic E-state index is -0.331. The first-order chi connectivity index (χ1) is 15.5. The quantitative estimate of drug-likeness (QED) is 0.231. The van der Waals surface area contributed by atoms with E-state index in [1.165, 1.54) is 18.4 Å². The van der Waals surface area contributed by atoms with Gasteiger partial charge in [-0.05, 0) is 89.6 Å². The van der Waals surface area contributed by atoms with Crippen molar-refractivity contribution < 1.29 is 18.8 Å². The predicted octanol–water partition coefficient (Wildman–Crippen LogP) is 6.73. The Balaban J connectivity index is 1.41. The highest BCUT2D eigenvalue weighted by atomic mass is 127. The van der Waals surface area contributed by atoms with Crippen LogP contribution < -0.4 is 4.52 Å². The zero-order valence-electron chi connectivity index (χ0n) is 18.7. The van der Waals surface area contributed by atoms with Gasteiger partial charge in [0.1, 0.15) is 18.0 Å². The highest BCUT2D eigenvalue weighted by molar-refractivity contribution is 14.2. The van der Waals surface area contributed by atoms with Gasteiger partial charge in [-0.1, -0.05) is 30.2 Å².